The summed E-state index contributed by atoms with van der Waals surface area (Å²) in [4.78, 5) is 17.4. The minimum atomic E-state index is -3.40. The maximum Gasteiger partial charge on any atom is 0.252 e. The Morgan fingerprint density at radius 2 is 1.97 bits per heavy atom. The van der Waals surface area contributed by atoms with Gasteiger partial charge >= 0.3 is 0 Å². The average molecular weight is 503 g/mol. The van der Waals surface area contributed by atoms with E-state index in [9.17, 15) is 18.3 Å². The first-order valence-electron chi connectivity index (χ1n) is 12.4. The van der Waals surface area contributed by atoms with Gasteiger partial charge in [-0.05, 0) is 55.4 Å². The van der Waals surface area contributed by atoms with Gasteiger partial charge in [0.15, 0.2) is 9.84 Å². The number of hydrogen-bond acceptors (Lipinski definition) is 7. The van der Waals surface area contributed by atoms with E-state index >= 15 is 0 Å². The van der Waals surface area contributed by atoms with Crippen LogP contribution in [0, 0.1) is 11.8 Å². The molecule has 1 aliphatic heterocycles. The highest BCUT2D eigenvalue weighted by Crippen LogP contribution is 2.28. The number of aliphatic hydroxyl groups excluding tert-OH is 1. The predicted octanol–water partition coefficient (Wildman–Crippen LogP) is 3.50. The topological polar surface area (TPSA) is 134 Å². The van der Waals surface area contributed by atoms with Crippen LogP contribution >= 0.6 is 0 Å². The molecule has 1 aromatic carbocycles. The lowest BCUT2D eigenvalue weighted by molar-refractivity contribution is -0.114. The molecule has 0 saturated heterocycles. The summed E-state index contributed by atoms with van der Waals surface area (Å²) in [6, 6.07) is 6.39. The SMILES string of the molecule is CC/C1=C(NC[C@H]2CCCCC[C@H]2O)/N=C(Nc2cccc(S(C)(=O)=O)c2)\C(C(N)=O)=C\CC1C. The highest BCUT2D eigenvalue weighted by atomic mass is 32.2. The third-order valence-electron chi connectivity index (χ3n) is 6.88. The number of allylic oxidation sites excluding steroid dienone is 2. The molecule has 0 spiro atoms. The van der Waals surface area contributed by atoms with Crippen LogP contribution in [0.2, 0.25) is 0 Å². The van der Waals surface area contributed by atoms with E-state index in [0.717, 1.165) is 50.4 Å². The maximum absolute atomic E-state index is 12.4. The van der Waals surface area contributed by atoms with Crippen LogP contribution in [0.1, 0.15) is 58.8 Å². The Morgan fingerprint density at radius 1 is 1.23 bits per heavy atom. The number of amidine groups is 1. The first-order valence-corrected chi connectivity index (χ1v) is 14.3. The number of nitrogens with one attached hydrogen (secondary N) is 2. The third kappa shape index (κ3) is 7.18. The summed E-state index contributed by atoms with van der Waals surface area (Å²) in [5.41, 5.74) is 7.59. The predicted molar refractivity (Wildman–Crippen MR) is 140 cm³/mol. The van der Waals surface area contributed by atoms with Crippen molar-refractivity contribution in [1.82, 2.24) is 5.32 Å². The minimum Gasteiger partial charge on any atom is -0.393 e. The molecule has 0 aromatic heterocycles. The monoisotopic (exact) mass is 502 g/mol. The van der Waals surface area contributed by atoms with E-state index in [1.807, 2.05) is 0 Å². The number of aliphatic hydroxyl groups is 1. The summed E-state index contributed by atoms with van der Waals surface area (Å²) >= 11 is 0. The highest BCUT2D eigenvalue weighted by molar-refractivity contribution is 7.90. The van der Waals surface area contributed by atoms with Crippen LogP contribution in [0.25, 0.3) is 0 Å². The molecule has 1 aliphatic carbocycles. The number of sulfone groups is 1. The van der Waals surface area contributed by atoms with Crippen LogP contribution in [0.5, 0.6) is 0 Å². The number of amides is 1. The Bertz CT molecular complexity index is 1120. The quantitative estimate of drug-likeness (QED) is 0.422. The number of carbonyl (C=O) groups is 1. The van der Waals surface area contributed by atoms with Crippen molar-refractivity contribution in [2.45, 2.75) is 69.8 Å². The van der Waals surface area contributed by atoms with Crippen molar-refractivity contribution in [3.8, 4) is 0 Å². The van der Waals surface area contributed by atoms with Gasteiger partial charge in [-0.3, -0.25) is 4.79 Å². The molecule has 192 valence electrons. The fourth-order valence-corrected chi connectivity index (χ4v) is 5.43. The lowest BCUT2D eigenvalue weighted by Gasteiger charge is -2.25. The van der Waals surface area contributed by atoms with Crippen LogP contribution in [0.4, 0.5) is 5.69 Å². The molecule has 9 heteroatoms. The zero-order chi connectivity index (χ0) is 25.6. The first kappa shape index (κ1) is 26.9. The van der Waals surface area contributed by atoms with Gasteiger partial charge in [-0.15, -0.1) is 0 Å². The molecule has 1 unspecified atom stereocenters. The van der Waals surface area contributed by atoms with Crippen molar-refractivity contribution in [1.29, 1.82) is 0 Å². The van der Waals surface area contributed by atoms with E-state index in [2.05, 4.69) is 24.5 Å². The summed E-state index contributed by atoms with van der Waals surface area (Å²) in [5, 5.41) is 17.2. The number of nitrogens with zero attached hydrogens (tertiary/aromatic N) is 1. The Morgan fingerprint density at radius 3 is 2.66 bits per heavy atom. The van der Waals surface area contributed by atoms with Gasteiger partial charge in [-0.2, -0.15) is 0 Å². The molecule has 3 atom stereocenters. The van der Waals surface area contributed by atoms with Crippen molar-refractivity contribution >= 4 is 27.3 Å². The second-order valence-electron chi connectivity index (χ2n) is 9.58. The van der Waals surface area contributed by atoms with Gasteiger partial charge in [-0.25, -0.2) is 13.4 Å². The molecule has 1 amide bonds. The number of hydrogen-bond donors (Lipinski definition) is 4. The second kappa shape index (κ2) is 11.9. The van der Waals surface area contributed by atoms with Crippen LogP contribution in [-0.2, 0) is 14.6 Å². The molecule has 1 saturated carbocycles. The Hall–Kier alpha value is -2.65. The summed E-state index contributed by atoms with van der Waals surface area (Å²) in [6.07, 6.45) is 9.03. The van der Waals surface area contributed by atoms with Crippen molar-refractivity contribution in [3.63, 3.8) is 0 Å². The molecule has 5 N–H and O–H groups in total. The summed E-state index contributed by atoms with van der Waals surface area (Å²) < 4.78 is 24.1. The van der Waals surface area contributed by atoms with Gasteiger partial charge < -0.3 is 21.5 Å². The lowest BCUT2D eigenvalue weighted by Crippen LogP contribution is -2.33. The summed E-state index contributed by atoms with van der Waals surface area (Å²) in [5.74, 6) is 0.610. The Kier molecular flexibility index (Phi) is 9.13. The smallest absolute Gasteiger partial charge is 0.252 e. The molecule has 1 aromatic rings. The van der Waals surface area contributed by atoms with Gasteiger partial charge in [0.1, 0.15) is 11.7 Å². The Labute approximate surface area is 208 Å². The average Bonchev–Trinajstić information content (AvgIpc) is 3.00. The van der Waals surface area contributed by atoms with E-state index < -0.39 is 15.7 Å². The summed E-state index contributed by atoms with van der Waals surface area (Å²) in [6.45, 7) is 4.76. The van der Waals surface area contributed by atoms with Crippen LogP contribution in [0.15, 0.2) is 57.2 Å². The van der Waals surface area contributed by atoms with E-state index in [4.69, 9.17) is 10.7 Å². The van der Waals surface area contributed by atoms with Crippen molar-refractivity contribution < 1.29 is 18.3 Å². The van der Waals surface area contributed by atoms with Crippen LogP contribution in [0.3, 0.4) is 0 Å². The number of anilines is 1. The number of primary amides is 1. The Balaban J connectivity index is 1.99. The molecule has 8 nitrogen and oxygen atoms in total. The van der Waals surface area contributed by atoms with Crippen molar-refractivity contribution in [2.24, 2.45) is 22.6 Å². The number of nitrogens with two attached hydrogens (primary N) is 1. The number of benzene rings is 1. The van der Waals surface area contributed by atoms with E-state index in [-0.39, 0.29) is 34.2 Å². The van der Waals surface area contributed by atoms with Gasteiger partial charge in [0.25, 0.3) is 5.91 Å². The molecule has 35 heavy (non-hydrogen) atoms. The van der Waals surface area contributed by atoms with Gasteiger partial charge in [0.2, 0.25) is 0 Å². The highest BCUT2D eigenvalue weighted by Gasteiger charge is 2.25. The van der Waals surface area contributed by atoms with Crippen molar-refractivity contribution in [2.75, 3.05) is 18.1 Å². The normalized spacial score (nSPS) is 29.0. The molecule has 1 heterocycles. The van der Waals surface area contributed by atoms with Crippen molar-refractivity contribution in [3.05, 3.63) is 47.3 Å². The number of rotatable bonds is 7. The first-order chi connectivity index (χ1) is 16.6. The fraction of sp³-hybridized carbons (Fsp3) is 0.538. The largest absolute Gasteiger partial charge is 0.393 e. The number of carbonyl (C=O) groups excluding carboxylic acids is 1. The fourth-order valence-electron chi connectivity index (χ4n) is 4.76. The van der Waals surface area contributed by atoms with Crippen LogP contribution in [-0.4, -0.2) is 44.2 Å². The lowest BCUT2D eigenvalue weighted by atomic mass is 9.92. The zero-order valence-electron chi connectivity index (χ0n) is 20.9. The van der Waals surface area contributed by atoms with E-state index in [0.29, 0.717) is 24.5 Å². The molecule has 2 aliphatic rings. The van der Waals surface area contributed by atoms with Gasteiger partial charge in [0, 0.05) is 24.4 Å². The molecular weight excluding hydrogens is 464 g/mol. The number of aliphatic imine (C=N–C) groups is 1. The molecular formula is C26H38N4O4S. The van der Waals surface area contributed by atoms with Gasteiger partial charge in [0.05, 0.1) is 16.6 Å². The maximum atomic E-state index is 12.4. The molecule has 0 bridgehead atoms. The van der Waals surface area contributed by atoms with Gasteiger partial charge in [-0.1, -0.05) is 45.3 Å². The standard InChI is InChI=1S/C26H38N4O4S/c1-4-21-17(2)13-14-22(24(27)32)26(29-19-10-8-11-20(15-19)35(3,33)34)30-25(21)28-16-18-9-6-5-7-12-23(18)31/h8,10-11,14-15,17-18,23,28,31H,4-7,9,12-13,16H2,1-3H3,(H2,27,32)(H,29,30)/b22-14+,25-21-/t17?,18-,23-/m1/s1. The van der Waals surface area contributed by atoms with E-state index in [1.165, 1.54) is 12.1 Å². The second-order valence-corrected chi connectivity index (χ2v) is 11.6. The van der Waals surface area contributed by atoms with Crippen LogP contribution < -0.4 is 16.4 Å². The molecule has 1 fully saturated rings. The zero-order valence-corrected chi connectivity index (χ0v) is 21.7. The third-order valence-corrected chi connectivity index (χ3v) is 7.99. The van der Waals surface area contributed by atoms with E-state index in [1.54, 1.807) is 18.2 Å². The molecule has 0 radical (unpaired) electrons. The minimum absolute atomic E-state index is 0.132. The summed E-state index contributed by atoms with van der Waals surface area (Å²) in [7, 11) is -3.40. The molecule has 3 rings (SSSR count).